The van der Waals surface area contributed by atoms with Crippen LogP contribution in [0.5, 0.6) is 0 Å². The molecule has 0 aliphatic heterocycles. The molecule has 0 atom stereocenters. The van der Waals surface area contributed by atoms with E-state index >= 15 is 0 Å². The number of carbonyl (C=O) groups is 1. The number of aryl methyl sites for hydroxylation is 1. The normalized spacial score (nSPS) is 11.9. The van der Waals surface area contributed by atoms with Gasteiger partial charge in [0.15, 0.2) is 5.16 Å². The number of halogens is 4. The predicted octanol–water partition coefficient (Wildman–Crippen LogP) is 5.56. The molecule has 1 aromatic carbocycles. The number of hydrogen-bond acceptors (Lipinski definition) is 3. The lowest BCUT2D eigenvalue weighted by molar-refractivity contribution is -0.137. The highest BCUT2D eigenvalue weighted by Crippen LogP contribution is 2.34. The zero-order valence-corrected chi connectivity index (χ0v) is 17.0. The van der Waals surface area contributed by atoms with Crippen molar-refractivity contribution in [2.24, 2.45) is 5.92 Å². The second kappa shape index (κ2) is 8.56. The summed E-state index contributed by atoms with van der Waals surface area (Å²) in [5.41, 5.74) is 0.996. The van der Waals surface area contributed by atoms with Crippen LogP contribution in [0, 0.1) is 19.8 Å². The lowest BCUT2D eigenvalue weighted by Crippen LogP contribution is -2.16. The SMILES string of the molecule is Cc1nc(SCC(=O)Nc2cc(C(F)(F)F)ccc2Cl)n(CC(C)C)c1C. The number of anilines is 1. The van der Waals surface area contributed by atoms with Crippen LogP contribution in [0.3, 0.4) is 0 Å². The molecule has 9 heteroatoms. The number of nitrogens with zero attached hydrogens (tertiary/aromatic N) is 2. The molecule has 0 saturated heterocycles. The van der Waals surface area contributed by atoms with E-state index in [1.165, 1.54) is 11.8 Å². The van der Waals surface area contributed by atoms with Crippen molar-refractivity contribution in [3.8, 4) is 0 Å². The van der Waals surface area contributed by atoms with Crippen LogP contribution < -0.4 is 5.32 Å². The average molecular weight is 420 g/mol. The zero-order valence-electron chi connectivity index (χ0n) is 15.4. The monoisotopic (exact) mass is 419 g/mol. The van der Waals surface area contributed by atoms with E-state index in [0.717, 1.165) is 36.1 Å². The highest BCUT2D eigenvalue weighted by molar-refractivity contribution is 7.99. The molecule has 0 radical (unpaired) electrons. The van der Waals surface area contributed by atoms with Crippen molar-refractivity contribution in [1.29, 1.82) is 0 Å². The van der Waals surface area contributed by atoms with Crippen molar-refractivity contribution in [1.82, 2.24) is 9.55 Å². The van der Waals surface area contributed by atoms with Gasteiger partial charge in [-0.1, -0.05) is 37.2 Å². The molecule has 0 fully saturated rings. The summed E-state index contributed by atoms with van der Waals surface area (Å²) in [4.78, 5) is 16.7. The third kappa shape index (κ3) is 5.65. The Kier molecular flexibility index (Phi) is 6.86. The summed E-state index contributed by atoms with van der Waals surface area (Å²) < 4.78 is 40.5. The molecule has 1 heterocycles. The molecule has 2 rings (SSSR count). The highest BCUT2D eigenvalue weighted by Gasteiger charge is 2.31. The van der Waals surface area contributed by atoms with Crippen LogP contribution in [0.15, 0.2) is 23.4 Å². The molecule has 0 aliphatic rings. The Morgan fingerprint density at radius 3 is 2.59 bits per heavy atom. The van der Waals surface area contributed by atoms with Crippen LogP contribution in [0.1, 0.15) is 30.8 Å². The maximum atomic E-state index is 12.8. The van der Waals surface area contributed by atoms with E-state index in [1.54, 1.807) is 0 Å². The van der Waals surface area contributed by atoms with Gasteiger partial charge in [-0.05, 0) is 38.0 Å². The molecule has 0 saturated carbocycles. The molecular formula is C18H21ClF3N3OS. The molecule has 148 valence electrons. The summed E-state index contributed by atoms with van der Waals surface area (Å²) >= 11 is 7.15. The Labute approximate surface area is 165 Å². The van der Waals surface area contributed by atoms with Crippen LogP contribution in [-0.2, 0) is 17.5 Å². The second-order valence-corrected chi connectivity index (χ2v) is 7.95. The van der Waals surface area contributed by atoms with Crippen molar-refractivity contribution in [3.63, 3.8) is 0 Å². The van der Waals surface area contributed by atoms with Crippen molar-refractivity contribution >= 4 is 35.0 Å². The molecule has 27 heavy (non-hydrogen) atoms. The van der Waals surface area contributed by atoms with Crippen molar-refractivity contribution in [2.75, 3.05) is 11.1 Å². The van der Waals surface area contributed by atoms with E-state index in [0.29, 0.717) is 11.1 Å². The number of aromatic nitrogens is 2. The highest BCUT2D eigenvalue weighted by atomic mass is 35.5. The average Bonchev–Trinajstić information content (AvgIpc) is 2.81. The topological polar surface area (TPSA) is 46.9 Å². The number of benzene rings is 1. The minimum Gasteiger partial charge on any atom is -0.324 e. The van der Waals surface area contributed by atoms with Gasteiger partial charge in [-0.2, -0.15) is 13.2 Å². The lowest BCUT2D eigenvalue weighted by atomic mass is 10.2. The number of rotatable bonds is 6. The number of hydrogen-bond donors (Lipinski definition) is 1. The predicted molar refractivity (Wildman–Crippen MR) is 102 cm³/mol. The molecule has 0 aliphatic carbocycles. The number of nitrogens with one attached hydrogen (secondary N) is 1. The van der Waals surface area contributed by atoms with Gasteiger partial charge >= 0.3 is 6.18 Å². The first-order valence-corrected chi connectivity index (χ1v) is 9.68. The molecule has 0 bridgehead atoms. The van der Waals surface area contributed by atoms with Gasteiger partial charge < -0.3 is 9.88 Å². The first-order chi connectivity index (χ1) is 12.5. The van der Waals surface area contributed by atoms with E-state index in [2.05, 4.69) is 28.7 Å². The zero-order chi connectivity index (χ0) is 20.4. The number of amides is 1. The molecule has 1 amide bonds. The summed E-state index contributed by atoms with van der Waals surface area (Å²) in [6.07, 6.45) is -4.50. The van der Waals surface area contributed by atoms with Gasteiger partial charge in [0.1, 0.15) is 0 Å². The summed E-state index contributed by atoms with van der Waals surface area (Å²) in [6, 6.07) is 2.83. The molecular weight excluding hydrogens is 399 g/mol. The van der Waals surface area contributed by atoms with E-state index in [1.807, 2.05) is 13.8 Å². The lowest BCUT2D eigenvalue weighted by Gasteiger charge is -2.13. The first kappa shape index (κ1) is 21.6. The minimum absolute atomic E-state index is 0.0144. The number of imidazole rings is 1. The van der Waals surface area contributed by atoms with Gasteiger partial charge in [0, 0.05) is 12.2 Å². The largest absolute Gasteiger partial charge is 0.416 e. The van der Waals surface area contributed by atoms with E-state index < -0.39 is 17.6 Å². The van der Waals surface area contributed by atoms with Crippen LogP contribution in [-0.4, -0.2) is 21.2 Å². The van der Waals surface area contributed by atoms with Gasteiger partial charge in [0.05, 0.1) is 27.7 Å². The quantitative estimate of drug-likeness (QED) is 0.623. The van der Waals surface area contributed by atoms with Crippen LogP contribution in [0.2, 0.25) is 5.02 Å². The van der Waals surface area contributed by atoms with Gasteiger partial charge in [-0.3, -0.25) is 4.79 Å². The van der Waals surface area contributed by atoms with Crippen LogP contribution in [0.25, 0.3) is 0 Å². The molecule has 4 nitrogen and oxygen atoms in total. The fourth-order valence-corrected chi connectivity index (χ4v) is 3.49. The summed E-state index contributed by atoms with van der Waals surface area (Å²) in [6.45, 7) is 8.82. The number of thioether (sulfide) groups is 1. The van der Waals surface area contributed by atoms with Gasteiger partial charge in [0.25, 0.3) is 0 Å². The number of carbonyl (C=O) groups excluding carboxylic acids is 1. The number of alkyl halides is 3. The molecule has 1 N–H and O–H groups in total. The van der Waals surface area contributed by atoms with Crippen molar-refractivity contribution < 1.29 is 18.0 Å². The Balaban J connectivity index is 2.09. The first-order valence-electron chi connectivity index (χ1n) is 8.32. The van der Waals surface area contributed by atoms with Crippen molar-refractivity contribution in [3.05, 3.63) is 40.2 Å². The smallest absolute Gasteiger partial charge is 0.324 e. The summed E-state index contributed by atoms with van der Waals surface area (Å²) in [5, 5.41) is 3.21. The van der Waals surface area contributed by atoms with Crippen molar-refractivity contribution in [2.45, 2.75) is 45.6 Å². The molecule has 1 aromatic heterocycles. The van der Waals surface area contributed by atoms with E-state index in [-0.39, 0.29) is 16.5 Å². The molecule has 0 spiro atoms. The van der Waals surface area contributed by atoms with Crippen LogP contribution >= 0.6 is 23.4 Å². The Morgan fingerprint density at radius 1 is 1.33 bits per heavy atom. The molecule has 0 unspecified atom stereocenters. The summed E-state index contributed by atoms with van der Waals surface area (Å²) in [7, 11) is 0. The van der Waals surface area contributed by atoms with E-state index in [9.17, 15) is 18.0 Å². The standard InChI is InChI=1S/C18H21ClF3N3OS/c1-10(2)8-25-12(4)11(3)23-17(25)27-9-16(26)24-15-7-13(18(20,21)22)5-6-14(15)19/h5-7,10H,8-9H2,1-4H3,(H,24,26). The minimum atomic E-state index is -4.50. The third-order valence-electron chi connectivity index (χ3n) is 3.87. The Bertz CT molecular complexity index is 834. The molecule has 2 aromatic rings. The van der Waals surface area contributed by atoms with Gasteiger partial charge in [0.2, 0.25) is 5.91 Å². The maximum Gasteiger partial charge on any atom is 0.416 e. The Hall–Kier alpha value is -1.67. The second-order valence-electron chi connectivity index (χ2n) is 6.60. The Morgan fingerprint density at radius 2 is 2.00 bits per heavy atom. The van der Waals surface area contributed by atoms with E-state index in [4.69, 9.17) is 11.6 Å². The van der Waals surface area contributed by atoms with Gasteiger partial charge in [-0.15, -0.1) is 0 Å². The fraction of sp³-hybridized carbons (Fsp3) is 0.444. The van der Waals surface area contributed by atoms with Crippen LogP contribution in [0.4, 0.5) is 18.9 Å². The van der Waals surface area contributed by atoms with Gasteiger partial charge in [-0.25, -0.2) is 4.98 Å². The fourth-order valence-electron chi connectivity index (χ4n) is 2.43. The maximum absolute atomic E-state index is 12.8. The third-order valence-corrected chi connectivity index (χ3v) is 5.18. The summed E-state index contributed by atoms with van der Waals surface area (Å²) in [5.74, 6) is -0.0226.